The summed E-state index contributed by atoms with van der Waals surface area (Å²) >= 11 is 0. The Bertz CT molecular complexity index is 1440. The molecule has 1 atom stereocenters. The van der Waals surface area contributed by atoms with Gasteiger partial charge in [0.1, 0.15) is 13.2 Å². The second-order valence-corrected chi connectivity index (χ2v) is 17.4. The Balaban J connectivity index is 4.57. The summed E-state index contributed by atoms with van der Waals surface area (Å²) < 4.78 is 16.6. The van der Waals surface area contributed by atoms with Crippen molar-refractivity contribution in [3.8, 4) is 0 Å². The van der Waals surface area contributed by atoms with Gasteiger partial charge in [0, 0.05) is 6.42 Å². The van der Waals surface area contributed by atoms with Gasteiger partial charge in [-0.2, -0.15) is 0 Å². The summed E-state index contributed by atoms with van der Waals surface area (Å²) in [6, 6.07) is 0. The van der Waals surface area contributed by atoms with Gasteiger partial charge in [0.05, 0.1) is 12.8 Å². The highest BCUT2D eigenvalue weighted by Crippen LogP contribution is 2.15. The van der Waals surface area contributed by atoms with Crippen LogP contribution in [0.25, 0.3) is 0 Å². The highest BCUT2D eigenvalue weighted by atomic mass is 16.6. The molecule has 67 heavy (non-hydrogen) atoms. The van der Waals surface area contributed by atoms with E-state index < -0.39 is 18.0 Å². The zero-order chi connectivity index (χ0) is 48.6. The Labute approximate surface area is 412 Å². The molecule has 0 aromatic heterocycles. The molecule has 0 fully saturated rings. The molecule has 378 valence electrons. The first-order chi connectivity index (χ1) is 33.0. The topological polar surface area (TPSA) is 78.9 Å². The first-order valence-corrected chi connectivity index (χ1v) is 27.0. The van der Waals surface area contributed by atoms with Crippen molar-refractivity contribution in [2.45, 2.75) is 232 Å². The fraction of sp³-hybridized carbons (Fsp3) is 0.623. The lowest BCUT2D eigenvalue weighted by molar-refractivity contribution is -0.166. The third-order valence-corrected chi connectivity index (χ3v) is 11.0. The molecule has 0 aliphatic heterocycles. The second-order valence-electron chi connectivity index (χ2n) is 17.4. The lowest BCUT2D eigenvalue weighted by Crippen LogP contribution is -2.30. The van der Waals surface area contributed by atoms with Gasteiger partial charge in [0.2, 0.25) is 0 Å². The summed E-state index contributed by atoms with van der Waals surface area (Å²) in [6.45, 7) is 6.24. The van der Waals surface area contributed by atoms with Crippen LogP contribution in [-0.4, -0.2) is 37.2 Å². The largest absolute Gasteiger partial charge is 0.462 e. The van der Waals surface area contributed by atoms with Gasteiger partial charge < -0.3 is 14.2 Å². The number of ether oxygens (including phenoxy) is 3. The molecule has 0 aromatic carbocycles. The van der Waals surface area contributed by atoms with Crippen molar-refractivity contribution in [2.24, 2.45) is 0 Å². The van der Waals surface area contributed by atoms with Crippen LogP contribution in [0.2, 0.25) is 0 Å². The number of carbonyl (C=O) groups is 3. The van der Waals surface area contributed by atoms with E-state index in [0.717, 1.165) is 77.0 Å². The Kier molecular flexibility index (Phi) is 51.0. The summed E-state index contributed by atoms with van der Waals surface area (Å²) in [4.78, 5) is 37.9. The molecule has 0 N–H and O–H groups in total. The second kappa shape index (κ2) is 54.4. The van der Waals surface area contributed by atoms with Crippen LogP contribution < -0.4 is 0 Å². The molecule has 0 saturated heterocycles. The Morgan fingerprint density at radius 2 is 0.582 bits per heavy atom. The van der Waals surface area contributed by atoms with Crippen LogP contribution in [0.4, 0.5) is 0 Å². The quantitative estimate of drug-likeness (QED) is 0.0262. The van der Waals surface area contributed by atoms with Crippen molar-refractivity contribution in [3.05, 3.63) is 122 Å². The summed E-state index contributed by atoms with van der Waals surface area (Å²) in [5, 5.41) is 0. The molecule has 0 aliphatic rings. The van der Waals surface area contributed by atoms with Gasteiger partial charge in [0.15, 0.2) is 6.10 Å². The van der Waals surface area contributed by atoms with Gasteiger partial charge in [-0.1, -0.05) is 258 Å². The molecule has 0 rings (SSSR count). The number of hydrogen-bond acceptors (Lipinski definition) is 6. The maximum atomic E-state index is 12.7. The molecule has 6 heteroatoms. The average molecular weight is 927 g/mol. The third-order valence-electron chi connectivity index (χ3n) is 11.0. The maximum Gasteiger partial charge on any atom is 0.310 e. The highest BCUT2D eigenvalue weighted by molar-refractivity contribution is 5.72. The minimum Gasteiger partial charge on any atom is -0.462 e. The Hall–Kier alpha value is -4.19. The van der Waals surface area contributed by atoms with Crippen LogP contribution in [0, 0.1) is 0 Å². The van der Waals surface area contributed by atoms with Crippen molar-refractivity contribution in [2.75, 3.05) is 13.2 Å². The number of hydrogen-bond donors (Lipinski definition) is 0. The van der Waals surface area contributed by atoms with Crippen molar-refractivity contribution in [3.63, 3.8) is 0 Å². The minimum atomic E-state index is -0.874. The first kappa shape index (κ1) is 62.8. The summed E-state index contributed by atoms with van der Waals surface area (Å²) in [5.74, 6) is -1.22. The van der Waals surface area contributed by atoms with Gasteiger partial charge in [-0.25, -0.2) is 0 Å². The monoisotopic (exact) mass is 927 g/mol. The summed E-state index contributed by atoms with van der Waals surface area (Å²) in [7, 11) is 0. The standard InChI is InChI=1S/C61H98O6/c1-4-7-10-13-16-19-22-25-28-29-30-31-34-36-39-42-45-48-51-54-60(63)66-57-58(67-61(64)55-52-49-46-43-40-37-33-27-24-21-18-15-12-9-6-3)56-65-59(62)53-50-47-44-41-38-35-32-26-23-20-17-14-11-8-5-2/h8-9,11-12,17-18,20-21,26-27,32-33,38,40-41,43,47,49-50,52,58H,4-7,10,13-16,19,22-25,28-31,34-37,39,42,44-46,48,51,53-57H2,1-3H3/b11-8-,12-9-,20-17-,21-18-,32-26-,33-27-,41-38-,43-40-,50-47-,52-49-. The SMILES string of the molecule is CC/C=C\C/C=C\C/C=C\C/C=C\C/C=C\CC(=O)OCC(COC(=O)CCCCCCCCCCCCCCCCCCCCC)OC(=O)C/C=C\C/C=C\C/C=C\C/C=C\C/C=C\CC. The normalized spacial score (nSPS) is 13.1. The van der Waals surface area contributed by atoms with Crippen LogP contribution in [0.1, 0.15) is 226 Å². The van der Waals surface area contributed by atoms with Gasteiger partial charge in [-0.05, 0) is 70.6 Å². The molecule has 0 aromatic rings. The van der Waals surface area contributed by atoms with Crippen molar-refractivity contribution >= 4 is 17.9 Å². The molecular weight excluding hydrogens is 829 g/mol. The van der Waals surface area contributed by atoms with Crippen LogP contribution in [-0.2, 0) is 28.6 Å². The van der Waals surface area contributed by atoms with E-state index in [2.05, 4.69) is 118 Å². The number of carbonyl (C=O) groups excluding carboxylic acids is 3. The van der Waals surface area contributed by atoms with E-state index in [9.17, 15) is 14.4 Å². The summed E-state index contributed by atoms with van der Waals surface area (Å²) in [6.07, 6.45) is 75.3. The molecule has 1 unspecified atom stereocenters. The molecule has 6 nitrogen and oxygen atoms in total. The molecule has 0 spiro atoms. The number of esters is 3. The molecule has 0 amide bonds. The van der Waals surface area contributed by atoms with Gasteiger partial charge >= 0.3 is 17.9 Å². The molecule has 0 radical (unpaired) electrons. The Morgan fingerprint density at radius 1 is 0.313 bits per heavy atom. The average Bonchev–Trinajstić information content (AvgIpc) is 3.33. The lowest BCUT2D eigenvalue weighted by Gasteiger charge is -2.17. The number of rotatable bonds is 47. The van der Waals surface area contributed by atoms with E-state index in [-0.39, 0.29) is 32.0 Å². The van der Waals surface area contributed by atoms with Crippen LogP contribution in [0.15, 0.2) is 122 Å². The van der Waals surface area contributed by atoms with E-state index in [4.69, 9.17) is 14.2 Å². The van der Waals surface area contributed by atoms with Gasteiger partial charge in [0.25, 0.3) is 0 Å². The molecule has 0 aliphatic carbocycles. The van der Waals surface area contributed by atoms with Crippen LogP contribution in [0.5, 0.6) is 0 Å². The first-order valence-electron chi connectivity index (χ1n) is 27.0. The fourth-order valence-corrected chi connectivity index (χ4v) is 7.06. The van der Waals surface area contributed by atoms with Crippen LogP contribution in [0.3, 0.4) is 0 Å². The predicted octanol–water partition coefficient (Wildman–Crippen LogP) is 18.1. The Morgan fingerprint density at radius 3 is 0.910 bits per heavy atom. The van der Waals surface area contributed by atoms with Crippen molar-refractivity contribution < 1.29 is 28.6 Å². The van der Waals surface area contributed by atoms with Crippen LogP contribution >= 0.6 is 0 Å². The maximum absolute atomic E-state index is 12.7. The van der Waals surface area contributed by atoms with E-state index >= 15 is 0 Å². The van der Waals surface area contributed by atoms with Crippen molar-refractivity contribution in [1.29, 1.82) is 0 Å². The van der Waals surface area contributed by atoms with E-state index in [0.29, 0.717) is 12.8 Å². The van der Waals surface area contributed by atoms with E-state index in [1.165, 1.54) is 103 Å². The molecule has 0 saturated carbocycles. The zero-order valence-electron chi connectivity index (χ0n) is 43.1. The lowest BCUT2D eigenvalue weighted by atomic mass is 10.0. The molecule has 0 bridgehead atoms. The fourth-order valence-electron chi connectivity index (χ4n) is 7.06. The molecule has 0 heterocycles. The van der Waals surface area contributed by atoms with E-state index in [1.54, 1.807) is 12.2 Å². The minimum absolute atomic E-state index is 0.0747. The smallest absolute Gasteiger partial charge is 0.310 e. The highest BCUT2D eigenvalue weighted by Gasteiger charge is 2.19. The van der Waals surface area contributed by atoms with Gasteiger partial charge in [-0.3, -0.25) is 14.4 Å². The molecular formula is C61H98O6. The third kappa shape index (κ3) is 52.6. The van der Waals surface area contributed by atoms with Crippen molar-refractivity contribution in [1.82, 2.24) is 0 Å². The predicted molar refractivity (Wildman–Crippen MR) is 288 cm³/mol. The van der Waals surface area contributed by atoms with Gasteiger partial charge in [-0.15, -0.1) is 0 Å². The number of allylic oxidation sites excluding steroid dienone is 18. The summed E-state index contributed by atoms with van der Waals surface area (Å²) in [5.41, 5.74) is 0. The number of unbranched alkanes of at least 4 members (excludes halogenated alkanes) is 18. The zero-order valence-corrected chi connectivity index (χ0v) is 43.1. The van der Waals surface area contributed by atoms with E-state index in [1.807, 2.05) is 12.2 Å².